The van der Waals surface area contributed by atoms with Crippen molar-refractivity contribution < 1.29 is 19.5 Å². The van der Waals surface area contributed by atoms with Crippen molar-refractivity contribution >= 4 is 17.8 Å². The molecule has 6 heteroatoms. The third kappa shape index (κ3) is 4.87. The van der Waals surface area contributed by atoms with E-state index in [0.717, 1.165) is 6.42 Å². The summed E-state index contributed by atoms with van der Waals surface area (Å²) in [6, 6.07) is 5.25. The second-order valence-electron chi connectivity index (χ2n) is 5.37. The molecule has 0 aliphatic carbocycles. The quantitative estimate of drug-likeness (QED) is 0.714. The van der Waals surface area contributed by atoms with E-state index in [-0.39, 0.29) is 17.4 Å². The smallest absolute Gasteiger partial charge is 0.326 e. The van der Waals surface area contributed by atoms with E-state index in [2.05, 4.69) is 10.6 Å². The average molecular weight is 306 g/mol. The van der Waals surface area contributed by atoms with E-state index in [1.165, 1.54) is 6.07 Å². The van der Waals surface area contributed by atoms with Crippen LogP contribution in [0, 0.1) is 5.92 Å². The SMILES string of the molecule is CCCNC(=O)c1cccc(C(=O)N[C@H](C(=O)O)C(C)C)c1. The van der Waals surface area contributed by atoms with E-state index >= 15 is 0 Å². The third-order valence-electron chi connectivity index (χ3n) is 3.14. The van der Waals surface area contributed by atoms with Gasteiger partial charge in [-0.3, -0.25) is 9.59 Å². The topological polar surface area (TPSA) is 95.5 Å². The van der Waals surface area contributed by atoms with Crippen LogP contribution in [0.3, 0.4) is 0 Å². The summed E-state index contributed by atoms with van der Waals surface area (Å²) < 4.78 is 0. The van der Waals surface area contributed by atoms with Crippen molar-refractivity contribution in [3.63, 3.8) is 0 Å². The molecule has 0 aliphatic heterocycles. The molecule has 0 bridgehead atoms. The predicted molar refractivity (Wildman–Crippen MR) is 82.8 cm³/mol. The van der Waals surface area contributed by atoms with E-state index < -0.39 is 17.9 Å². The van der Waals surface area contributed by atoms with Gasteiger partial charge in [-0.2, -0.15) is 0 Å². The lowest BCUT2D eigenvalue weighted by Crippen LogP contribution is -2.44. The van der Waals surface area contributed by atoms with E-state index in [1.54, 1.807) is 32.0 Å². The van der Waals surface area contributed by atoms with Crippen LogP contribution in [0.25, 0.3) is 0 Å². The average Bonchev–Trinajstić information content (AvgIpc) is 2.49. The molecule has 0 saturated carbocycles. The van der Waals surface area contributed by atoms with Crippen LogP contribution in [0.4, 0.5) is 0 Å². The van der Waals surface area contributed by atoms with Gasteiger partial charge in [-0.05, 0) is 30.5 Å². The molecule has 1 aromatic rings. The fraction of sp³-hybridized carbons (Fsp3) is 0.438. The van der Waals surface area contributed by atoms with Crippen LogP contribution in [0.15, 0.2) is 24.3 Å². The number of carboxylic acid groups (broad SMARTS) is 1. The molecule has 0 spiro atoms. The van der Waals surface area contributed by atoms with Gasteiger partial charge in [-0.1, -0.05) is 26.8 Å². The number of amides is 2. The Morgan fingerprint density at radius 3 is 2.23 bits per heavy atom. The molecule has 0 radical (unpaired) electrons. The Balaban J connectivity index is 2.86. The zero-order chi connectivity index (χ0) is 16.7. The summed E-state index contributed by atoms with van der Waals surface area (Å²) in [6.45, 7) is 5.94. The second kappa shape index (κ2) is 8.17. The molecular formula is C16H22N2O4. The Bertz CT molecular complexity index is 555. The third-order valence-corrected chi connectivity index (χ3v) is 3.14. The Morgan fingerprint density at radius 2 is 1.73 bits per heavy atom. The number of benzene rings is 1. The van der Waals surface area contributed by atoms with E-state index in [1.807, 2.05) is 6.92 Å². The summed E-state index contributed by atoms with van der Waals surface area (Å²) in [4.78, 5) is 35.1. The Kier molecular flexibility index (Phi) is 6.56. The number of nitrogens with one attached hydrogen (secondary N) is 2. The zero-order valence-electron chi connectivity index (χ0n) is 13.1. The van der Waals surface area contributed by atoms with Gasteiger partial charge >= 0.3 is 5.97 Å². The van der Waals surface area contributed by atoms with E-state index in [9.17, 15) is 14.4 Å². The summed E-state index contributed by atoms with van der Waals surface area (Å²) in [5.74, 6) is -2.08. The van der Waals surface area contributed by atoms with Crippen molar-refractivity contribution in [3.05, 3.63) is 35.4 Å². The Labute approximate surface area is 129 Å². The van der Waals surface area contributed by atoms with Crippen molar-refractivity contribution in [1.29, 1.82) is 0 Å². The van der Waals surface area contributed by atoms with Gasteiger partial charge in [0.2, 0.25) is 0 Å². The highest BCUT2D eigenvalue weighted by Crippen LogP contribution is 2.08. The van der Waals surface area contributed by atoms with E-state index in [4.69, 9.17) is 5.11 Å². The Hall–Kier alpha value is -2.37. The van der Waals surface area contributed by atoms with Gasteiger partial charge in [0.1, 0.15) is 6.04 Å². The molecule has 3 N–H and O–H groups in total. The van der Waals surface area contributed by atoms with Gasteiger partial charge in [0, 0.05) is 17.7 Å². The number of carboxylic acids is 1. The normalized spacial score (nSPS) is 11.8. The summed E-state index contributed by atoms with van der Waals surface area (Å²) >= 11 is 0. The van der Waals surface area contributed by atoms with Crippen molar-refractivity contribution in [2.45, 2.75) is 33.2 Å². The van der Waals surface area contributed by atoms with Crippen LogP contribution in [-0.2, 0) is 4.79 Å². The highest BCUT2D eigenvalue weighted by atomic mass is 16.4. The van der Waals surface area contributed by atoms with Crippen LogP contribution in [0.5, 0.6) is 0 Å². The number of hydrogen-bond acceptors (Lipinski definition) is 3. The largest absolute Gasteiger partial charge is 0.480 e. The molecule has 0 aliphatic rings. The first-order chi connectivity index (χ1) is 10.4. The lowest BCUT2D eigenvalue weighted by Gasteiger charge is -2.18. The molecule has 0 aromatic heterocycles. The molecule has 0 fully saturated rings. The minimum absolute atomic E-state index is 0.238. The summed E-state index contributed by atoms with van der Waals surface area (Å²) in [5, 5.41) is 14.3. The lowest BCUT2D eigenvalue weighted by atomic mass is 10.0. The van der Waals surface area contributed by atoms with Crippen LogP contribution < -0.4 is 10.6 Å². The standard InChI is InChI=1S/C16H22N2O4/c1-4-8-17-14(19)11-6-5-7-12(9-11)15(20)18-13(10(2)3)16(21)22/h5-7,9-10,13H,4,8H2,1-3H3,(H,17,19)(H,18,20)(H,21,22)/t13-/m0/s1. The summed E-state index contributed by atoms with van der Waals surface area (Å²) in [7, 11) is 0. The van der Waals surface area contributed by atoms with Crippen molar-refractivity contribution in [1.82, 2.24) is 10.6 Å². The molecule has 0 saturated heterocycles. The van der Waals surface area contributed by atoms with Crippen molar-refractivity contribution in [2.75, 3.05) is 6.54 Å². The second-order valence-corrected chi connectivity index (χ2v) is 5.37. The number of rotatable bonds is 7. The molecule has 1 atom stereocenters. The van der Waals surface area contributed by atoms with Crippen LogP contribution >= 0.6 is 0 Å². The first-order valence-electron chi connectivity index (χ1n) is 7.28. The molecule has 0 unspecified atom stereocenters. The maximum atomic E-state index is 12.1. The first-order valence-corrected chi connectivity index (χ1v) is 7.28. The number of aliphatic carboxylic acids is 1. The van der Waals surface area contributed by atoms with Crippen molar-refractivity contribution in [2.24, 2.45) is 5.92 Å². The lowest BCUT2D eigenvalue weighted by molar-refractivity contribution is -0.140. The minimum Gasteiger partial charge on any atom is -0.480 e. The minimum atomic E-state index is -1.08. The first kappa shape index (κ1) is 17.7. The van der Waals surface area contributed by atoms with Gasteiger partial charge in [0.05, 0.1) is 0 Å². The monoisotopic (exact) mass is 306 g/mol. The summed E-state index contributed by atoms with van der Waals surface area (Å²) in [5.41, 5.74) is 0.633. The molecule has 22 heavy (non-hydrogen) atoms. The van der Waals surface area contributed by atoms with Gasteiger partial charge in [0.15, 0.2) is 0 Å². The van der Waals surface area contributed by atoms with Crippen LogP contribution in [-0.4, -0.2) is 35.5 Å². The van der Waals surface area contributed by atoms with E-state index in [0.29, 0.717) is 12.1 Å². The molecule has 1 aromatic carbocycles. The Morgan fingerprint density at radius 1 is 1.14 bits per heavy atom. The maximum absolute atomic E-state index is 12.1. The fourth-order valence-corrected chi connectivity index (χ4v) is 1.88. The molecule has 2 amide bonds. The molecule has 0 heterocycles. The fourth-order valence-electron chi connectivity index (χ4n) is 1.88. The van der Waals surface area contributed by atoms with Crippen LogP contribution in [0.2, 0.25) is 0 Å². The van der Waals surface area contributed by atoms with Gasteiger partial charge in [0.25, 0.3) is 11.8 Å². The zero-order valence-corrected chi connectivity index (χ0v) is 13.1. The summed E-state index contributed by atoms with van der Waals surface area (Å²) in [6.07, 6.45) is 0.820. The van der Waals surface area contributed by atoms with Gasteiger partial charge in [-0.25, -0.2) is 4.79 Å². The number of hydrogen-bond donors (Lipinski definition) is 3. The number of carbonyl (C=O) groups is 3. The van der Waals surface area contributed by atoms with Gasteiger partial charge in [-0.15, -0.1) is 0 Å². The predicted octanol–water partition coefficient (Wildman–Crippen LogP) is 1.67. The maximum Gasteiger partial charge on any atom is 0.326 e. The van der Waals surface area contributed by atoms with Crippen LogP contribution in [0.1, 0.15) is 47.9 Å². The highest BCUT2D eigenvalue weighted by molar-refractivity contribution is 6.00. The molecule has 6 nitrogen and oxygen atoms in total. The molecule has 120 valence electrons. The number of carbonyl (C=O) groups excluding carboxylic acids is 2. The van der Waals surface area contributed by atoms with Gasteiger partial charge < -0.3 is 15.7 Å². The highest BCUT2D eigenvalue weighted by Gasteiger charge is 2.24. The van der Waals surface area contributed by atoms with Crippen molar-refractivity contribution in [3.8, 4) is 0 Å². The molecule has 1 rings (SSSR count). The molecular weight excluding hydrogens is 284 g/mol.